The second kappa shape index (κ2) is 10.7. The van der Waals surface area contributed by atoms with Gasteiger partial charge in [0, 0.05) is 6.92 Å². The maximum atomic E-state index is 12.5. The number of ether oxygens (including phenoxy) is 2. The Morgan fingerprint density at radius 1 is 1.10 bits per heavy atom. The number of esters is 2. The van der Waals surface area contributed by atoms with Crippen molar-refractivity contribution >= 4 is 40.8 Å². The summed E-state index contributed by atoms with van der Waals surface area (Å²) in [6, 6.07) is 0. The molecule has 2 aromatic heterocycles. The van der Waals surface area contributed by atoms with Gasteiger partial charge in [-0.25, -0.2) is 24.5 Å². The summed E-state index contributed by atoms with van der Waals surface area (Å²) in [5, 5.41) is 3.24. The molecule has 158 valence electrons. The van der Waals surface area contributed by atoms with Gasteiger partial charge in [-0.05, 0) is 38.9 Å². The van der Waals surface area contributed by atoms with E-state index in [1.807, 2.05) is 0 Å². The number of nitrogens with zero attached hydrogens (tertiary/aromatic N) is 3. The zero-order valence-electron chi connectivity index (χ0n) is 16.7. The highest BCUT2D eigenvalue weighted by Gasteiger charge is 2.49. The Morgan fingerprint density at radius 3 is 2.41 bits per heavy atom. The lowest BCUT2D eigenvalue weighted by molar-refractivity contribution is -0.168. The van der Waals surface area contributed by atoms with Crippen LogP contribution in [0.4, 0.5) is 0 Å². The highest BCUT2D eigenvalue weighted by atomic mass is 32.2. The van der Waals surface area contributed by atoms with Crippen LogP contribution in [0.15, 0.2) is 17.7 Å². The van der Waals surface area contributed by atoms with Crippen LogP contribution >= 0.6 is 11.8 Å². The highest BCUT2D eigenvalue weighted by Crippen LogP contribution is 2.25. The van der Waals surface area contributed by atoms with E-state index in [4.69, 9.17) is 9.47 Å². The van der Waals surface area contributed by atoms with Crippen molar-refractivity contribution in [1.29, 1.82) is 0 Å². The van der Waals surface area contributed by atoms with Gasteiger partial charge >= 0.3 is 11.9 Å². The lowest BCUT2D eigenvalue weighted by Gasteiger charge is -2.29. The Labute approximate surface area is 172 Å². The smallest absolute Gasteiger partial charge is 0.343 e. The maximum absolute atomic E-state index is 12.5. The molecule has 0 aromatic carbocycles. The van der Waals surface area contributed by atoms with Crippen molar-refractivity contribution in [3.63, 3.8) is 0 Å². The summed E-state index contributed by atoms with van der Waals surface area (Å²) in [5.41, 5.74) is -0.478. The van der Waals surface area contributed by atoms with Gasteiger partial charge in [0.2, 0.25) is 11.4 Å². The van der Waals surface area contributed by atoms with Crippen LogP contribution in [0, 0.1) is 0 Å². The van der Waals surface area contributed by atoms with E-state index in [0.29, 0.717) is 24.2 Å². The van der Waals surface area contributed by atoms with Crippen molar-refractivity contribution in [2.45, 2.75) is 50.6 Å². The van der Waals surface area contributed by atoms with Crippen molar-refractivity contribution in [2.75, 3.05) is 19.0 Å². The Morgan fingerprint density at radius 2 is 1.79 bits per heavy atom. The Kier molecular flexibility index (Phi) is 8.37. The molecule has 0 saturated carbocycles. The SMILES string of the molecule is CCOC(=O)C(CCCCSc1ncnc2nc[nH]c12)(NC(C)=O)C(=O)OCC. The van der Waals surface area contributed by atoms with Crippen LogP contribution < -0.4 is 5.32 Å². The molecule has 0 radical (unpaired) electrons. The number of aromatic nitrogens is 4. The molecular weight excluding hydrogens is 398 g/mol. The number of nitrogens with one attached hydrogen (secondary N) is 2. The van der Waals surface area contributed by atoms with Gasteiger partial charge in [0.05, 0.1) is 19.5 Å². The third-order valence-electron chi connectivity index (χ3n) is 4.01. The summed E-state index contributed by atoms with van der Waals surface area (Å²) < 4.78 is 10.1. The molecule has 0 aliphatic heterocycles. The predicted molar refractivity (Wildman–Crippen MR) is 106 cm³/mol. The first-order valence-corrected chi connectivity index (χ1v) is 10.3. The van der Waals surface area contributed by atoms with Crippen LogP contribution in [0.2, 0.25) is 0 Å². The fourth-order valence-electron chi connectivity index (χ4n) is 2.77. The van der Waals surface area contributed by atoms with E-state index in [-0.39, 0.29) is 19.6 Å². The first kappa shape index (κ1) is 22.6. The zero-order valence-corrected chi connectivity index (χ0v) is 17.5. The molecule has 2 N–H and O–H groups in total. The van der Waals surface area contributed by atoms with Crippen LogP contribution in [-0.4, -0.2) is 62.3 Å². The zero-order chi connectivity index (χ0) is 21.3. The largest absolute Gasteiger partial charge is 0.464 e. The highest BCUT2D eigenvalue weighted by molar-refractivity contribution is 7.99. The third kappa shape index (κ3) is 5.66. The normalized spacial score (nSPS) is 11.3. The van der Waals surface area contributed by atoms with E-state index in [9.17, 15) is 14.4 Å². The standard InChI is InChI=1S/C18H25N5O5S/c1-4-27-16(25)18(23-12(3)24,17(26)28-5-2)8-6-7-9-29-15-13-14(20-10-19-13)21-11-22-15/h10-11H,4-9H2,1-3H3,(H,23,24)(H,19,20,21,22). The summed E-state index contributed by atoms with van der Waals surface area (Å²) >= 11 is 1.51. The van der Waals surface area contributed by atoms with Crippen LogP contribution in [0.25, 0.3) is 11.2 Å². The minimum Gasteiger partial charge on any atom is -0.464 e. The van der Waals surface area contributed by atoms with Gasteiger partial charge in [-0.2, -0.15) is 0 Å². The summed E-state index contributed by atoms with van der Waals surface area (Å²) in [5.74, 6) is -1.44. The van der Waals surface area contributed by atoms with E-state index >= 15 is 0 Å². The number of hydrogen-bond acceptors (Lipinski definition) is 9. The molecule has 29 heavy (non-hydrogen) atoms. The molecule has 10 nitrogen and oxygen atoms in total. The summed E-state index contributed by atoms with van der Waals surface area (Å²) in [6.07, 6.45) is 4.25. The third-order valence-corrected chi connectivity index (χ3v) is 5.09. The molecular formula is C18H25N5O5S. The average molecular weight is 423 g/mol. The van der Waals surface area contributed by atoms with Gasteiger partial charge in [0.15, 0.2) is 5.65 Å². The fourth-order valence-corrected chi connectivity index (χ4v) is 3.73. The molecule has 0 fully saturated rings. The number of hydrogen-bond donors (Lipinski definition) is 2. The number of carbonyl (C=O) groups is 3. The first-order chi connectivity index (χ1) is 13.9. The number of unbranched alkanes of at least 4 members (excludes halogenated alkanes) is 1. The van der Waals surface area contributed by atoms with Gasteiger partial charge in [0.25, 0.3) is 0 Å². The number of fused-ring (bicyclic) bond motifs is 1. The van der Waals surface area contributed by atoms with Crippen molar-refractivity contribution in [3.05, 3.63) is 12.7 Å². The van der Waals surface area contributed by atoms with Gasteiger partial charge in [-0.15, -0.1) is 11.8 Å². The van der Waals surface area contributed by atoms with Gasteiger partial charge < -0.3 is 19.8 Å². The Bertz CT molecular complexity index is 838. The van der Waals surface area contributed by atoms with Gasteiger partial charge in [0.1, 0.15) is 16.9 Å². The lowest BCUT2D eigenvalue weighted by atomic mass is 9.92. The summed E-state index contributed by atoms with van der Waals surface area (Å²) in [6.45, 7) is 4.69. The summed E-state index contributed by atoms with van der Waals surface area (Å²) in [4.78, 5) is 52.2. The number of H-pyrrole nitrogens is 1. The van der Waals surface area contributed by atoms with E-state index in [1.54, 1.807) is 20.2 Å². The lowest BCUT2D eigenvalue weighted by Crippen LogP contribution is -2.61. The topological polar surface area (TPSA) is 136 Å². The Hall–Kier alpha value is -2.69. The fraction of sp³-hybridized carbons (Fsp3) is 0.556. The molecule has 2 rings (SSSR count). The molecule has 2 heterocycles. The molecule has 1 amide bonds. The predicted octanol–water partition coefficient (Wildman–Crippen LogP) is 1.62. The number of rotatable bonds is 11. The monoisotopic (exact) mass is 423 g/mol. The van der Waals surface area contributed by atoms with Crippen LogP contribution in [0.1, 0.15) is 40.0 Å². The number of carbonyl (C=O) groups excluding carboxylic acids is 3. The minimum atomic E-state index is -1.84. The first-order valence-electron chi connectivity index (χ1n) is 9.34. The minimum absolute atomic E-state index is 0.0774. The number of aromatic amines is 1. The van der Waals surface area contributed by atoms with Crippen molar-refractivity contribution in [1.82, 2.24) is 25.3 Å². The number of thioether (sulfide) groups is 1. The van der Waals surface area contributed by atoms with Crippen molar-refractivity contribution in [2.24, 2.45) is 0 Å². The molecule has 2 aromatic rings. The quantitative estimate of drug-likeness (QED) is 0.182. The van der Waals surface area contributed by atoms with E-state index in [1.165, 1.54) is 25.0 Å². The molecule has 0 aliphatic rings. The molecule has 0 saturated heterocycles. The maximum Gasteiger partial charge on any atom is 0.343 e. The second-order valence-corrected chi connectivity index (χ2v) is 7.20. The van der Waals surface area contributed by atoms with Crippen LogP contribution in [0.5, 0.6) is 0 Å². The van der Waals surface area contributed by atoms with Crippen LogP contribution in [-0.2, 0) is 23.9 Å². The van der Waals surface area contributed by atoms with Gasteiger partial charge in [-0.1, -0.05) is 0 Å². The molecule has 0 unspecified atom stereocenters. The van der Waals surface area contributed by atoms with Gasteiger partial charge in [-0.3, -0.25) is 4.79 Å². The average Bonchev–Trinajstić information content (AvgIpc) is 3.16. The van der Waals surface area contributed by atoms with Crippen molar-refractivity contribution < 1.29 is 23.9 Å². The van der Waals surface area contributed by atoms with E-state index in [0.717, 1.165) is 10.5 Å². The molecule has 0 aliphatic carbocycles. The molecule has 0 bridgehead atoms. The van der Waals surface area contributed by atoms with Crippen LogP contribution in [0.3, 0.4) is 0 Å². The van der Waals surface area contributed by atoms with E-state index < -0.39 is 23.4 Å². The molecule has 11 heteroatoms. The number of amides is 1. The van der Waals surface area contributed by atoms with E-state index in [2.05, 4.69) is 25.3 Å². The second-order valence-electron chi connectivity index (χ2n) is 6.11. The summed E-state index contributed by atoms with van der Waals surface area (Å²) in [7, 11) is 0. The molecule has 0 atom stereocenters. The number of imidazole rings is 1. The Balaban J connectivity index is 2.02. The van der Waals surface area contributed by atoms with Crippen molar-refractivity contribution in [3.8, 4) is 0 Å². The molecule has 0 spiro atoms.